The zero-order valence-electron chi connectivity index (χ0n) is 17.7. The number of fused-ring (bicyclic) bond motifs is 1. The Hall–Kier alpha value is -3.75. The van der Waals surface area contributed by atoms with Crippen LogP contribution in [0.25, 0.3) is 17.0 Å². The van der Waals surface area contributed by atoms with E-state index in [2.05, 4.69) is 5.32 Å². The van der Waals surface area contributed by atoms with Crippen molar-refractivity contribution < 1.29 is 18.8 Å². The van der Waals surface area contributed by atoms with Crippen LogP contribution in [0.4, 0.5) is 10.5 Å². The summed E-state index contributed by atoms with van der Waals surface area (Å²) in [6.45, 7) is 0.400. The molecule has 1 saturated heterocycles. The first-order chi connectivity index (χ1) is 16.5. The summed E-state index contributed by atoms with van der Waals surface area (Å²) in [4.78, 5) is 39.6. The molecule has 5 rings (SSSR count). The summed E-state index contributed by atoms with van der Waals surface area (Å²) in [7, 11) is 0. The quantitative estimate of drug-likeness (QED) is 0.363. The fourth-order valence-electron chi connectivity index (χ4n) is 3.75. The van der Waals surface area contributed by atoms with Crippen LogP contribution in [0.3, 0.4) is 0 Å². The molecule has 0 bridgehead atoms. The molecule has 1 aliphatic rings. The fraction of sp³-hybridized carbons (Fsp3) is 0.0800. The molecule has 0 saturated carbocycles. The Morgan fingerprint density at radius 1 is 1.06 bits per heavy atom. The predicted octanol–water partition coefficient (Wildman–Crippen LogP) is 5.45. The minimum absolute atomic E-state index is 0.0985. The lowest BCUT2D eigenvalue weighted by atomic mass is 10.1. The first-order valence-electron chi connectivity index (χ1n) is 10.4. The number of carbonyl (C=O) groups excluding carboxylic acids is 3. The number of anilines is 1. The molecule has 0 unspecified atom stereocenters. The van der Waals surface area contributed by atoms with Crippen molar-refractivity contribution in [2.75, 3.05) is 4.90 Å². The molecule has 1 fully saturated rings. The first-order valence-corrected chi connectivity index (χ1v) is 11.6. The number of rotatable bonds is 6. The molecule has 0 aliphatic carbocycles. The maximum Gasteiger partial charge on any atom is 0.298 e. The number of thioether (sulfide) groups is 1. The summed E-state index contributed by atoms with van der Waals surface area (Å²) in [5.74, 6) is 0.0972. The van der Waals surface area contributed by atoms with Crippen molar-refractivity contribution in [2.45, 2.75) is 13.1 Å². The van der Waals surface area contributed by atoms with Gasteiger partial charge < -0.3 is 14.3 Å². The average Bonchev–Trinajstić information content (AvgIpc) is 3.53. The van der Waals surface area contributed by atoms with Crippen molar-refractivity contribution >= 4 is 63.1 Å². The highest BCUT2D eigenvalue weighted by Crippen LogP contribution is 2.37. The van der Waals surface area contributed by atoms with Gasteiger partial charge in [-0.2, -0.15) is 0 Å². The number of benzene rings is 2. The number of hydrogen-bond donors (Lipinski definition) is 1. The molecule has 7 nitrogen and oxygen atoms in total. The second kappa shape index (κ2) is 9.24. The molecule has 1 aliphatic heterocycles. The van der Waals surface area contributed by atoms with Crippen molar-refractivity contribution in [1.29, 1.82) is 0 Å². The van der Waals surface area contributed by atoms with E-state index in [0.717, 1.165) is 33.1 Å². The molecule has 3 amide bonds. The minimum Gasteiger partial charge on any atom is -0.467 e. The van der Waals surface area contributed by atoms with Gasteiger partial charge in [0.15, 0.2) is 0 Å². The van der Waals surface area contributed by atoms with Crippen LogP contribution in [0.5, 0.6) is 0 Å². The lowest BCUT2D eigenvalue weighted by molar-refractivity contribution is -0.121. The number of imide groups is 1. The Morgan fingerprint density at radius 3 is 2.62 bits per heavy atom. The molecule has 2 aromatic heterocycles. The van der Waals surface area contributed by atoms with Crippen LogP contribution in [0.2, 0.25) is 5.02 Å². The Bertz CT molecular complexity index is 1420. The van der Waals surface area contributed by atoms with Crippen LogP contribution < -0.4 is 10.2 Å². The molecule has 9 heteroatoms. The molecule has 0 spiro atoms. The lowest BCUT2D eigenvalue weighted by Crippen LogP contribution is -2.27. The Labute approximate surface area is 204 Å². The third-order valence-electron chi connectivity index (χ3n) is 5.34. The maximum absolute atomic E-state index is 13.0. The Balaban J connectivity index is 1.40. The van der Waals surface area contributed by atoms with E-state index in [-0.39, 0.29) is 17.7 Å². The first kappa shape index (κ1) is 22.1. The molecule has 170 valence electrons. The van der Waals surface area contributed by atoms with Gasteiger partial charge in [-0.25, -0.2) is 4.90 Å². The third kappa shape index (κ3) is 4.37. The van der Waals surface area contributed by atoms with E-state index in [1.807, 2.05) is 35.0 Å². The molecule has 2 aromatic carbocycles. The van der Waals surface area contributed by atoms with Crippen molar-refractivity contribution in [1.82, 2.24) is 9.88 Å². The average molecular weight is 492 g/mol. The van der Waals surface area contributed by atoms with E-state index >= 15 is 0 Å². The van der Waals surface area contributed by atoms with E-state index in [9.17, 15) is 14.4 Å². The van der Waals surface area contributed by atoms with Crippen molar-refractivity contribution in [3.05, 3.63) is 94.4 Å². The fourth-order valence-corrected chi connectivity index (χ4v) is 4.71. The Kier molecular flexibility index (Phi) is 6.00. The van der Waals surface area contributed by atoms with Gasteiger partial charge in [0.2, 0.25) is 5.91 Å². The minimum atomic E-state index is -0.398. The zero-order chi connectivity index (χ0) is 23.7. The van der Waals surface area contributed by atoms with E-state index < -0.39 is 5.91 Å². The lowest BCUT2D eigenvalue weighted by Gasteiger charge is -2.12. The van der Waals surface area contributed by atoms with Gasteiger partial charge >= 0.3 is 0 Å². The van der Waals surface area contributed by atoms with Crippen molar-refractivity contribution in [3.63, 3.8) is 0 Å². The van der Waals surface area contributed by atoms with Crippen LogP contribution in [0.1, 0.15) is 11.3 Å². The summed E-state index contributed by atoms with van der Waals surface area (Å²) < 4.78 is 7.07. The van der Waals surface area contributed by atoms with Gasteiger partial charge in [0, 0.05) is 27.7 Å². The molecular weight excluding hydrogens is 474 g/mol. The molecule has 3 heterocycles. The number of halogens is 1. The Morgan fingerprint density at radius 2 is 1.85 bits per heavy atom. The smallest absolute Gasteiger partial charge is 0.298 e. The SMILES string of the molecule is O=C(Cn1cc(/C=C2\SC(=O)N(c3ccc(Cl)cc3)C2=O)c2ccccc21)NCc1ccco1. The van der Waals surface area contributed by atoms with Crippen LogP contribution in [0.15, 0.2) is 82.4 Å². The van der Waals surface area contributed by atoms with Gasteiger partial charge in [0.1, 0.15) is 12.3 Å². The number of amides is 3. The van der Waals surface area contributed by atoms with Gasteiger partial charge in [-0.3, -0.25) is 14.4 Å². The van der Waals surface area contributed by atoms with E-state index in [1.165, 1.54) is 0 Å². The van der Waals surface area contributed by atoms with Gasteiger partial charge in [0.25, 0.3) is 11.1 Å². The molecule has 1 N–H and O–H groups in total. The van der Waals surface area contributed by atoms with Crippen molar-refractivity contribution in [2.24, 2.45) is 0 Å². The number of nitrogens with zero attached hydrogens (tertiary/aromatic N) is 2. The second-order valence-corrected chi connectivity index (χ2v) is 9.01. The predicted molar refractivity (Wildman–Crippen MR) is 132 cm³/mol. The number of aromatic nitrogens is 1. The zero-order valence-corrected chi connectivity index (χ0v) is 19.3. The molecular formula is C25H18ClN3O4S. The number of para-hydroxylation sites is 1. The highest BCUT2D eigenvalue weighted by molar-refractivity contribution is 8.19. The molecule has 34 heavy (non-hydrogen) atoms. The number of furan rings is 1. The van der Waals surface area contributed by atoms with E-state index in [4.69, 9.17) is 16.0 Å². The summed E-state index contributed by atoms with van der Waals surface area (Å²) in [5.41, 5.74) is 2.06. The van der Waals surface area contributed by atoms with Gasteiger partial charge in [-0.1, -0.05) is 29.8 Å². The topological polar surface area (TPSA) is 84.5 Å². The van der Waals surface area contributed by atoms with Crippen LogP contribution in [-0.2, 0) is 22.7 Å². The summed E-state index contributed by atoms with van der Waals surface area (Å²) in [6.07, 6.45) is 5.07. The van der Waals surface area contributed by atoms with Gasteiger partial charge in [0.05, 0.1) is 23.4 Å². The molecule has 0 radical (unpaired) electrons. The summed E-state index contributed by atoms with van der Waals surface area (Å²) in [6, 6.07) is 17.7. The number of hydrogen-bond acceptors (Lipinski definition) is 5. The van der Waals surface area contributed by atoms with Crippen molar-refractivity contribution in [3.8, 4) is 0 Å². The van der Waals surface area contributed by atoms with Gasteiger partial charge in [-0.05, 0) is 60.3 Å². The normalized spacial score (nSPS) is 15.0. The molecule has 0 atom stereocenters. The monoisotopic (exact) mass is 491 g/mol. The largest absolute Gasteiger partial charge is 0.467 e. The van der Waals surface area contributed by atoms with Crippen LogP contribution in [-0.4, -0.2) is 21.6 Å². The third-order valence-corrected chi connectivity index (χ3v) is 6.46. The summed E-state index contributed by atoms with van der Waals surface area (Å²) >= 11 is 6.81. The second-order valence-electron chi connectivity index (χ2n) is 7.58. The highest BCUT2D eigenvalue weighted by atomic mass is 35.5. The van der Waals surface area contributed by atoms with Crippen LogP contribution >= 0.6 is 23.4 Å². The number of carbonyl (C=O) groups is 3. The van der Waals surface area contributed by atoms with E-state index in [0.29, 0.717) is 27.9 Å². The van der Waals surface area contributed by atoms with Gasteiger partial charge in [-0.15, -0.1) is 0 Å². The molecule has 4 aromatic rings. The maximum atomic E-state index is 13.0. The number of nitrogens with one attached hydrogen (secondary N) is 1. The standard InChI is InChI=1S/C25H18ClN3O4S/c26-17-7-9-18(10-8-17)29-24(31)22(34-25(29)32)12-16-14-28(21-6-2-1-5-20(16)21)15-23(30)27-13-19-4-3-11-33-19/h1-12,14H,13,15H2,(H,27,30)/b22-12-. The van der Waals surface area contributed by atoms with Crippen LogP contribution in [0, 0.1) is 0 Å². The summed E-state index contributed by atoms with van der Waals surface area (Å²) in [5, 5.41) is 3.85. The highest BCUT2D eigenvalue weighted by Gasteiger charge is 2.36. The van der Waals surface area contributed by atoms with E-state index in [1.54, 1.807) is 48.7 Å².